The van der Waals surface area contributed by atoms with Crippen molar-refractivity contribution < 1.29 is 40.1 Å². The van der Waals surface area contributed by atoms with E-state index in [2.05, 4.69) is 34.3 Å². The van der Waals surface area contributed by atoms with Crippen molar-refractivity contribution in [1.29, 1.82) is 0 Å². The van der Waals surface area contributed by atoms with Crippen molar-refractivity contribution in [3.05, 3.63) is 134 Å². The number of halogens is 7. The van der Waals surface area contributed by atoms with Crippen molar-refractivity contribution in [1.82, 2.24) is 44.0 Å². The van der Waals surface area contributed by atoms with Gasteiger partial charge in [0.05, 0.1) is 18.1 Å². The molecule has 0 radical (unpaired) electrons. The first kappa shape index (κ1) is 37.1. The van der Waals surface area contributed by atoms with Crippen LogP contribution in [-0.4, -0.2) is 51.1 Å². The summed E-state index contributed by atoms with van der Waals surface area (Å²) in [6.45, 7) is 0. The lowest BCUT2D eigenvalue weighted by Gasteiger charge is -2.37. The molecule has 0 spiro atoms. The molecule has 0 fully saturated rings. The number of alkyl halides is 6. The Kier molecular flexibility index (Phi) is 8.74. The van der Waals surface area contributed by atoms with Gasteiger partial charge in [0, 0.05) is 65.7 Å². The largest absolute Gasteiger partial charge is 0.494 e. The molecule has 0 aliphatic heterocycles. The van der Waals surface area contributed by atoms with Gasteiger partial charge in [-0.3, -0.25) is 23.7 Å². The van der Waals surface area contributed by atoms with E-state index in [1.54, 1.807) is 60.3 Å². The Balaban J connectivity index is 1.44. The van der Waals surface area contributed by atoms with E-state index in [0.29, 0.717) is 38.3 Å². The number of ether oxygens (including phenoxy) is 1. The van der Waals surface area contributed by atoms with E-state index in [0.717, 1.165) is 21.3 Å². The maximum absolute atomic E-state index is 14.6. The second-order valence-electron chi connectivity index (χ2n) is 12.5. The van der Waals surface area contributed by atoms with Crippen LogP contribution >= 0.6 is 11.6 Å². The Bertz CT molecular complexity index is 2860. The molecule has 0 amide bonds. The van der Waals surface area contributed by atoms with Crippen molar-refractivity contribution in [2.24, 2.45) is 7.05 Å². The van der Waals surface area contributed by atoms with E-state index in [4.69, 9.17) is 21.3 Å². The molecule has 2 aromatic carbocycles. The Morgan fingerprint density at radius 3 is 1.89 bits per heavy atom. The first-order chi connectivity index (χ1) is 27.1. The molecule has 290 valence electrons. The van der Waals surface area contributed by atoms with Gasteiger partial charge in [-0.25, -0.2) is 4.98 Å². The highest BCUT2D eigenvalue weighted by molar-refractivity contribution is 6.31. The Morgan fingerprint density at radius 1 is 0.772 bits per heavy atom. The smallest absolute Gasteiger partial charge is 0.471 e. The third kappa shape index (κ3) is 6.36. The fourth-order valence-corrected chi connectivity index (χ4v) is 6.82. The van der Waals surface area contributed by atoms with Crippen LogP contribution in [0.3, 0.4) is 0 Å². The number of fused-ring (bicyclic) bond motifs is 2. The molecule has 0 N–H and O–H groups in total. The highest BCUT2D eigenvalue weighted by Gasteiger charge is 2.44. The summed E-state index contributed by atoms with van der Waals surface area (Å²) in [5, 5.41) is 7.68. The van der Waals surface area contributed by atoms with Gasteiger partial charge in [-0.15, -0.1) is 0 Å². The van der Waals surface area contributed by atoms with E-state index in [1.807, 2.05) is 0 Å². The van der Waals surface area contributed by atoms with Crippen LogP contribution in [-0.2, 0) is 31.5 Å². The Labute approximate surface area is 318 Å². The number of imidazole rings is 1. The third-order valence-electron chi connectivity index (χ3n) is 9.17. The van der Waals surface area contributed by atoms with Gasteiger partial charge >= 0.3 is 24.1 Å². The quantitative estimate of drug-likeness (QED) is 0.150. The number of hydrogen-bond acceptors (Lipinski definition) is 11. The number of pyridine rings is 3. The van der Waals surface area contributed by atoms with Crippen LogP contribution in [0.25, 0.3) is 44.7 Å². The van der Waals surface area contributed by atoms with Gasteiger partial charge in [-0.2, -0.15) is 36.3 Å². The number of hydrogen-bond donors (Lipinski definition) is 0. The summed E-state index contributed by atoms with van der Waals surface area (Å²) in [5.74, 6) is -3.86. The summed E-state index contributed by atoms with van der Waals surface area (Å²) in [5.41, 5.74) is -2.23. The van der Waals surface area contributed by atoms with Crippen molar-refractivity contribution in [3.63, 3.8) is 0 Å². The highest BCUT2D eigenvalue weighted by Crippen LogP contribution is 2.38. The van der Waals surface area contributed by atoms with E-state index in [-0.39, 0.29) is 23.4 Å². The number of methoxy groups -OCH3 is 1. The summed E-state index contributed by atoms with van der Waals surface area (Å²) in [6, 6.07) is 16.0. The molecule has 0 aliphatic carbocycles. The maximum Gasteiger partial charge on any atom is 0.471 e. The molecule has 0 aliphatic rings. The molecule has 0 saturated carbocycles. The van der Waals surface area contributed by atoms with Gasteiger partial charge in [0.2, 0.25) is 11.6 Å². The minimum absolute atomic E-state index is 0.0789. The fourth-order valence-electron chi connectivity index (χ4n) is 6.65. The lowest BCUT2D eigenvalue weighted by atomic mass is 9.93. The van der Waals surface area contributed by atoms with Crippen molar-refractivity contribution in [3.8, 4) is 28.5 Å². The van der Waals surface area contributed by atoms with Gasteiger partial charge in [-0.05, 0) is 48.0 Å². The topological polar surface area (TPSA) is 162 Å². The maximum atomic E-state index is 14.6. The predicted octanol–water partition coefficient (Wildman–Crippen LogP) is 6.74. The molecule has 6 aromatic heterocycles. The van der Waals surface area contributed by atoms with Crippen molar-refractivity contribution in [2.75, 3.05) is 7.11 Å². The summed E-state index contributed by atoms with van der Waals surface area (Å²) in [6.07, 6.45) is -6.16. The molecule has 0 atom stereocenters. The number of nitrogens with zero attached hydrogens (tertiary/aromatic N) is 9. The Morgan fingerprint density at radius 2 is 1.37 bits per heavy atom. The van der Waals surface area contributed by atoms with Crippen LogP contribution in [0, 0.1) is 0 Å². The summed E-state index contributed by atoms with van der Waals surface area (Å²) >= 11 is 6.38. The molecular formula is C36H22ClF6N9O5. The molecule has 0 saturated heterocycles. The second kappa shape index (κ2) is 13.4. The SMILES string of the molecule is COc1ccc(CC(c2nc3ccc(Cl)cc3n2C)(n2ccc(-c3noc(C(F)(F)F)n3)cc2=O)n2ccc(-c3noc(C(F)(F)F)n3)cc2=O)c2cccnc12. The number of rotatable bonds is 8. The summed E-state index contributed by atoms with van der Waals surface area (Å²) < 4.78 is 98.3. The second-order valence-corrected chi connectivity index (χ2v) is 13.0. The van der Waals surface area contributed by atoms with E-state index < -0.39 is 52.6 Å². The van der Waals surface area contributed by atoms with E-state index in [1.165, 1.54) is 31.6 Å². The molecule has 21 heteroatoms. The van der Waals surface area contributed by atoms with Gasteiger partial charge < -0.3 is 18.4 Å². The predicted molar refractivity (Wildman–Crippen MR) is 188 cm³/mol. The molecule has 8 aromatic rings. The van der Waals surface area contributed by atoms with Crippen LogP contribution in [0.5, 0.6) is 5.75 Å². The molecule has 0 unspecified atom stereocenters. The van der Waals surface area contributed by atoms with Crippen LogP contribution < -0.4 is 15.9 Å². The zero-order valence-corrected chi connectivity index (χ0v) is 29.8. The van der Waals surface area contributed by atoms with Crippen LogP contribution in [0.1, 0.15) is 23.2 Å². The Hall–Kier alpha value is -6.83. The van der Waals surface area contributed by atoms with Crippen LogP contribution in [0.2, 0.25) is 5.02 Å². The van der Waals surface area contributed by atoms with E-state index >= 15 is 0 Å². The molecule has 57 heavy (non-hydrogen) atoms. The zero-order chi connectivity index (χ0) is 40.4. The molecule has 6 heterocycles. The number of aromatic nitrogens is 9. The summed E-state index contributed by atoms with van der Waals surface area (Å²) in [4.78, 5) is 45.3. The fraction of sp³-hybridized carbons (Fsp3) is 0.167. The average Bonchev–Trinajstić information content (AvgIpc) is 3.95. The highest BCUT2D eigenvalue weighted by atomic mass is 35.5. The zero-order valence-electron chi connectivity index (χ0n) is 29.0. The average molecular weight is 810 g/mol. The van der Waals surface area contributed by atoms with Crippen LogP contribution in [0.15, 0.2) is 104 Å². The van der Waals surface area contributed by atoms with Crippen molar-refractivity contribution >= 4 is 33.5 Å². The van der Waals surface area contributed by atoms with Gasteiger partial charge in [0.25, 0.3) is 11.1 Å². The summed E-state index contributed by atoms with van der Waals surface area (Å²) in [7, 11) is 3.08. The first-order valence-corrected chi connectivity index (χ1v) is 16.8. The number of benzene rings is 2. The number of aryl methyl sites for hydroxylation is 1. The van der Waals surface area contributed by atoms with E-state index in [9.17, 15) is 35.9 Å². The van der Waals surface area contributed by atoms with Gasteiger partial charge in [-0.1, -0.05) is 34.0 Å². The standard InChI is InChI=1S/C36H22ClF6N9O5/c1-50-24-16-21(37)6-7-23(24)45-31(50)34(17-20-5-8-25(55-2)28-22(20)4-3-11-44-28,51-12-9-18(14-26(51)53)29-46-32(56-48-29)35(38,39)40)52-13-10-19(15-27(52)54)30-47-33(57-49-30)36(41,42)43/h3-16H,17H2,1-2H3. The lowest BCUT2D eigenvalue weighted by Crippen LogP contribution is -2.54. The minimum Gasteiger partial charge on any atom is -0.494 e. The van der Waals surface area contributed by atoms with Crippen LogP contribution in [0.4, 0.5) is 26.3 Å². The van der Waals surface area contributed by atoms with Crippen molar-refractivity contribution in [2.45, 2.75) is 24.4 Å². The molecule has 0 bridgehead atoms. The molecule has 8 rings (SSSR count). The first-order valence-electron chi connectivity index (χ1n) is 16.4. The lowest BCUT2D eigenvalue weighted by molar-refractivity contribution is -0.160. The minimum atomic E-state index is -4.96. The molecule has 14 nitrogen and oxygen atoms in total. The monoisotopic (exact) mass is 809 g/mol. The normalized spacial score (nSPS) is 12.5. The van der Waals surface area contributed by atoms with Gasteiger partial charge in [0.15, 0.2) is 11.5 Å². The third-order valence-corrected chi connectivity index (χ3v) is 9.41. The van der Waals surface area contributed by atoms with Gasteiger partial charge in [0.1, 0.15) is 11.3 Å². The molecular weight excluding hydrogens is 788 g/mol.